The number of nitrogens with two attached hydrogens (primary N) is 1. The van der Waals surface area contributed by atoms with Gasteiger partial charge in [-0.3, -0.25) is 0 Å². The Hall–Kier alpha value is -1.06. The van der Waals surface area contributed by atoms with Gasteiger partial charge in [-0.1, -0.05) is 11.6 Å². The molecule has 0 radical (unpaired) electrons. The summed E-state index contributed by atoms with van der Waals surface area (Å²) < 4.78 is 5.79. The minimum atomic E-state index is 0.0816. The maximum atomic E-state index is 6.04. The molecule has 0 spiro atoms. The van der Waals surface area contributed by atoms with Crippen molar-refractivity contribution in [3.05, 3.63) is 29.1 Å². The van der Waals surface area contributed by atoms with Crippen LogP contribution in [0.3, 0.4) is 0 Å². The van der Waals surface area contributed by atoms with E-state index in [0.717, 1.165) is 36.3 Å². The Labute approximate surface area is 97.6 Å². The second kappa shape index (κ2) is 2.44. The summed E-state index contributed by atoms with van der Waals surface area (Å²) in [5, 5.41) is 0.683. The Morgan fingerprint density at radius 2 is 2.06 bits per heavy atom. The molecule has 0 atom stereocenters. The van der Waals surface area contributed by atoms with E-state index in [1.807, 2.05) is 18.2 Å². The summed E-state index contributed by atoms with van der Waals surface area (Å²) in [5.41, 5.74) is 7.92. The number of hydrogen-bond acceptors (Lipinski definition) is 3. The molecule has 0 saturated heterocycles. The maximum absolute atomic E-state index is 6.04. The van der Waals surface area contributed by atoms with Crippen molar-refractivity contribution in [1.82, 2.24) is 4.98 Å². The molecular weight excluding hydrogens is 224 g/mol. The molecule has 5 rings (SSSR count). The first-order chi connectivity index (χ1) is 7.59. The third-order valence-electron chi connectivity index (χ3n) is 3.88. The molecule has 1 heterocycles. The second-order valence-electron chi connectivity index (χ2n) is 5.30. The molecule has 2 bridgehead atoms. The highest BCUT2D eigenvalue weighted by atomic mass is 35.5. The zero-order valence-electron chi connectivity index (χ0n) is 8.66. The minimum absolute atomic E-state index is 0.0816. The average Bonchev–Trinajstić information content (AvgIpc) is 2.53. The number of rotatable bonds is 1. The first-order valence-electron chi connectivity index (χ1n) is 5.44. The van der Waals surface area contributed by atoms with Crippen LogP contribution in [0.4, 0.5) is 0 Å². The number of aromatic nitrogens is 1. The Bertz CT molecular complexity index is 584. The number of nitrogens with zero attached hydrogens (tertiary/aromatic N) is 1. The van der Waals surface area contributed by atoms with Gasteiger partial charge in [-0.05, 0) is 31.4 Å². The lowest BCUT2D eigenvalue weighted by Gasteiger charge is -2.67. The van der Waals surface area contributed by atoms with Crippen LogP contribution in [0, 0.1) is 0 Å². The molecule has 1 aromatic heterocycles. The normalized spacial score (nSPS) is 35.9. The van der Waals surface area contributed by atoms with Gasteiger partial charge in [0.1, 0.15) is 5.52 Å². The van der Waals surface area contributed by atoms with Gasteiger partial charge in [-0.15, -0.1) is 0 Å². The largest absolute Gasteiger partial charge is 0.440 e. The Morgan fingerprint density at radius 1 is 1.31 bits per heavy atom. The molecule has 3 saturated carbocycles. The van der Waals surface area contributed by atoms with Crippen LogP contribution in [-0.2, 0) is 5.41 Å². The highest BCUT2D eigenvalue weighted by molar-refractivity contribution is 6.31. The van der Waals surface area contributed by atoms with Crippen molar-refractivity contribution < 1.29 is 4.42 Å². The summed E-state index contributed by atoms with van der Waals surface area (Å²) in [6.07, 6.45) is 3.04. The Kier molecular flexibility index (Phi) is 1.37. The number of hydrogen-bond donors (Lipinski definition) is 1. The molecule has 0 aliphatic heterocycles. The summed E-state index contributed by atoms with van der Waals surface area (Å²) in [5.74, 6) is 0.845. The maximum Gasteiger partial charge on any atom is 0.201 e. The number of oxazole rings is 1. The molecule has 2 N–H and O–H groups in total. The number of benzene rings is 1. The fraction of sp³-hybridized carbons (Fsp3) is 0.417. The van der Waals surface area contributed by atoms with Gasteiger partial charge in [0.2, 0.25) is 5.89 Å². The standard InChI is InChI=1S/C12H11ClN2O/c13-7-1-2-8-9(3-7)16-10(15-8)11-4-12(14,5-11)6-11/h1-3H,4-6,14H2. The first-order valence-corrected chi connectivity index (χ1v) is 5.82. The van der Waals surface area contributed by atoms with Crippen molar-refractivity contribution in [2.24, 2.45) is 5.73 Å². The van der Waals surface area contributed by atoms with Crippen molar-refractivity contribution in [2.45, 2.75) is 30.2 Å². The molecule has 16 heavy (non-hydrogen) atoms. The number of fused-ring (bicyclic) bond motifs is 1. The minimum Gasteiger partial charge on any atom is -0.440 e. The summed E-state index contributed by atoms with van der Waals surface area (Å²) >= 11 is 5.91. The predicted molar refractivity (Wildman–Crippen MR) is 61.5 cm³/mol. The Balaban J connectivity index is 1.82. The van der Waals surface area contributed by atoms with E-state index >= 15 is 0 Å². The molecule has 0 unspecified atom stereocenters. The van der Waals surface area contributed by atoms with E-state index in [0.29, 0.717) is 5.02 Å². The lowest BCUT2D eigenvalue weighted by molar-refractivity contribution is -0.0757. The smallest absolute Gasteiger partial charge is 0.201 e. The van der Waals surface area contributed by atoms with Gasteiger partial charge in [0, 0.05) is 16.6 Å². The molecule has 1 aromatic carbocycles. The van der Waals surface area contributed by atoms with Gasteiger partial charge in [0.25, 0.3) is 0 Å². The number of halogens is 1. The molecule has 3 nitrogen and oxygen atoms in total. The average molecular weight is 235 g/mol. The molecule has 82 valence electrons. The van der Waals surface area contributed by atoms with Crippen molar-refractivity contribution in [1.29, 1.82) is 0 Å². The van der Waals surface area contributed by atoms with Gasteiger partial charge in [0.05, 0.1) is 5.41 Å². The van der Waals surface area contributed by atoms with Crippen LogP contribution in [0.15, 0.2) is 22.6 Å². The molecule has 3 fully saturated rings. The van der Waals surface area contributed by atoms with Crippen LogP contribution in [0.2, 0.25) is 5.02 Å². The zero-order chi connectivity index (χ0) is 11.0. The quantitative estimate of drug-likeness (QED) is 0.825. The van der Waals surface area contributed by atoms with E-state index in [-0.39, 0.29) is 11.0 Å². The predicted octanol–water partition coefficient (Wildman–Crippen LogP) is 2.61. The van der Waals surface area contributed by atoms with Crippen LogP contribution >= 0.6 is 11.6 Å². The van der Waals surface area contributed by atoms with Gasteiger partial charge < -0.3 is 10.2 Å². The van der Waals surface area contributed by atoms with Gasteiger partial charge >= 0.3 is 0 Å². The fourth-order valence-electron chi connectivity index (χ4n) is 3.22. The van der Waals surface area contributed by atoms with Crippen LogP contribution < -0.4 is 5.73 Å². The Morgan fingerprint density at radius 3 is 2.75 bits per heavy atom. The van der Waals surface area contributed by atoms with E-state index in [4.69, 9.17) is 21.8 Å². The third-order valence-corrected chi connectivity index (χ3v) is 4.11. The van der Waals surface area contributed by atoms with Crippen molar-refractivity contribution in [2.75, 3.05) is 0 Å². The van der Waals surface area contributed by atoms with Crippen molar-refractivity contribution >= 4 is 22.7 Å². The summed E-state index contributed by atoms with van der Waals surface area (Å²) in [6.45, 7) is 0. The van der Waals surface area contributed by atoms with Gasteiger partial charge in [-0.2, -0.15) is 0 Å². The van der Waals surface area contributed by atoms with E-state index in [9.17, 15) is 0 Å². The second-order valence-corrected chi connectivity index (χ2v) is 5.74. The zero-order valence-corrected chi connectivity index (χ0v) is 9.42. The topological polar surface area (TPSA) is 52.0 Å². The van der Waals surface area contributed by atoms with E-state index in [1.54, 1.807) is 0 Å². The van der Waals surface area contributed by atoms with Crippen molar-refractivity contribution in [3.63, 3.8) is 0 Å². The fourth-order valence-corrected chi connectivity index (χ4v) is 3.38. The van der Waals surface area contributed by atoms with Gasteiger partial charge in [-0.25, -0.2) is 4.98 Å². The van der Waals surface area contributed by atoms with Crippen molar-refractivity contribution in [3.8, 4) is 0 Å². The van der Waals surface area contributed by atoms with Crippen LogP contribution in [0.5, 0.6) is 0 Å². The van der Waals surface area contributed by atoms with E-state index in [1.165, 1.54) is 0 Å². The molecule has 3 aliphatic carbocycles. The summed E-state index contributed by atoms with van der Waals surface area (Å²) in [4.78, 5) is 4.54. The highest BCUT2D eigenvalue weighted by Crippen LogP contribution is 2.66. The molecule has 4 heteroatoms. The summed E-state index contributed by atoms with van der Waals surface area (Å²) in [7, 11) is 0. The van der Waals surface area contributed by atoms with Crippen LogP contribution in [0.25, 0.3) is 11.1 Å². The monoisotopic (exact) mass is 234 g/mol. The highest BCUT2D eigenvalue weighted by Gasteiger charge is 2.69. The summed E-state index contributed by atoms with van der Waals surface area (Å²) in [6, 6.07) is 5.55. The van der Waals surface area contributed by atoms with Crippen LogP contribution in [-0.4, -0.2) is 10.5 Å². The van der Waals surface area contributed by atoms with E-state index in [2.05, 4.69) is 4.98 Å². The lowest BCUT2D eigenvalue weighted by Crippen LogP contribution is -2.74. The lowest BCUT2D eigenvalue weighted by atomic mass is 9.40. The van der Waals surface area contributed by atoms with Crippen LogP contribution in [0.1, 0.15) is 25.2 Å². The SMILES string of the molecule is NC12CC(c3nc4ccc(Cl)cc4o3)(C1)C2. The molecule has 2 aromatic rings. The first kappa shape index (κ1) is 9.02. The van der Waals surface area contributed by atoms with Gasteiger partial charge in [0.15, 0.2) is 5.58 Å². The molecule has 3 aliphatic rings. The third kappa shape index (κ3) is 0.955. The molecule has 0 amide bonds. The molecular formula is C12H11ClN2O. The van der Waals surface area contributed by atoms with E-state index < -0.39 is 0 Å².